The Morgan fingerprint density at radius 3 is 1.86 bits per heavy atom. The second-order valence-corrected chi connectivity index (χ2v) is 5.89. The maximum atomic E-state index is 12.7. The molecular formula is C21H24O7. The summed E-state index contributed by atoms with van der Waals surface area (Å²) in [6, 6.07) is 8.24. The summed E-state index contributed by atoms with van der Waals surface area (Å²) in [5, 5.41) is 0. The minimum Gasteiger partial charge on any atom is -0.496 e. The predicted octanol–water partition coefficient (Wildman–Crippen LogP) is 3.46. The van der Waals surface area contributed by atoms with Gasteiger partial charge in [-0.2, -0.15) is 0 Å². The second-order valence-electron chi connectivity index (χ2n) is 5.89. The summed E-state index contributed by atoms with van der Waals surface area (Å²) >= 11 is 0. The average Bonchev–Trinajstić information content (AvgIpc) is 2.70. The number of hydrogen-bond acceptors (Lipinski definition) is 7. The number of rotatable bonds is 9. The van der Waals surface area contributed by atoms with Crippen LogP contribution < -0.4 is 23.7 Å². The molecule has 0 amide bonds. The van der Waals surface area contributed by atoms with Crippen LogP contribution in [0.3, 0.4) is 0 Å². The summed E-state index contributed by atoms with van der Waals surface area (Å²) in [4.78, 5) is 23.8. The quantitative estimate of drug-likeness (QED) is 0.370. The van der Waals surface area contributed by atoms with Gasteiger partial charge in [0.2, 0.25) is 0 Å². The highest BCUT2D eigenvalue weighted by Gasteiger charge is 2.17. The normalized spacial score (nSPS) is 10.2. The molecule has 0 fully saturated rings. The number of carbonyl (C=O) groups is 2. The van der Waals surface area contributed by atoms with Crippen molar-refractivity contribution in [2.24, 2.45) is 0 Å². The van der Waals surface area contributed by atoms with Crippen molar-refractivity contribution in [3.8, 4) is 28.7 Å². The van der Waals surface area contributed by atoms with Crippen molar-refractivity contribution >= 4 is 11.8 Å². The van der Waals surface area contributed by atoms with Gasteiger partial charge in [0.1, 0.15) is 17.2 Å². The molecule has 2 aromatic rings. The number of benzene rings is 2. The van der Waals surface area contributed by atoms with Crippen LogP contribution in [0, 0.1) is 0 Å². The van der Waals surface area contributed by atoms with Gasteiger partial charge < -0.3 is 23.7 Å². The zero-order valence-electron chi connectivity index (χ0n) is 16.7. The lowest BCUT2D eigenvalue weighted by atomic mass is 10.0. The molecule has 0 heterocycles. The zero-order valence-corrected chi connectivity index (χ0v) is 16.7. The van der Waals surface area contributed by atoms with E-state index in [1.807, 2.05) is 0 Å². The van der Waals surface area contributed by atoms with Crippen molar-refractivity contribution in [1.82, 2.24) is 0 Å². The number of Topliss-reactive ketones (excluding diaryl/α,β-unsaturated/α-hetero) is 1. The molecule has 0 aliphatic heterocycles. The van der Waals surface area contributed by atoms with Crippen molar-refractivity contribution in [1.29, 1.82) is 0 Å². The van der Waals surface area contributed by atoms with Gasteiger partial charge >= 0.3 is 5.97 Å². The third kappa shape index (κ3) is 4.94. The van der Waals surface area contributed by atoms with Crippen LogP contribution in [0.1, 0.15) is 29.3 Å². The molecule has 0 saturated heterocycles. The second kappa shape index (κ2) is 9.64. The molecule has 7 heteroatoms. The summed E-state index contributed by atoms with van der Waals surface area (Å²) in [6.45, 7) is 1.31. The van der Waals surface area contributed by atoms with Gasteiger partial charge in [-0.3, -0.25) is 9.59 Å². The van der Waals surface area contributed by atoms with Crippen molar-refractivity contribution in [3.63, 3.8) is 0 Å². The highest BCUT2D eigenvalue weighted by Crippen LogP contribution is 2.35. The van der Waals surface area contributed by atoms with Gasteiger partial charge in [-0.1, -0.05) is 0 Å². The molecule has 0 aliphatic carbocycles. The van der Waals surface area contributed by atoms with Crippen molar-refractivity contribution in [3.05, 3.63) is 41.5 Å². The Balaban J connectivity index is 2.23. The van der Waals surface area contributed by atoms with Crippen LogP contribution in [0.25, 0.3) is 0 Å². The topological polar surface area (TPSA) is 80.3 Å². The van der Waals surface area contributed by atoms with E-state index in [9.17, 15) is 9.59 Å². The Hall–Kier alpha value is -3.22. The Morgan fingerprint density at radius 2 is 1.36 bits per heavy atom. The Morgan fingerprint density at radius 1 is 0.786 bits per heavy atom. The SMILES string of the molecule is COc1ccc(C(=O)CCc2c(OC)cc(OC(C)=O)cc2OC)cc1OC. The maximum absolute atomic E-state index is 12.7. The van der Waals surface area contributed by atoms with E-state index in [2.05, 4.69) is 0 Å². The number of ketones is 1. The Labute approximate surface area is 164 Å². The van der Waals surface area contributed by atoms with E-state index in [0.717, 1.165) is 5.56 Å². The van der Waals surface area contributed by atoms with Crippen LogP contribution in [-0.2, 0) is 11.2 Å². The van der Waals surface area contributed by atoms with Crippen LogP contribution in [0.15, 0.2) is 30.3 Å². The molecule has 0 unspecified atom stereocenters. The molecule has 0 spiro atoms. The molecule has 2 rings (SSSR count). The lowest BCUT2D eigenvalue weighted by molar-refractivity contribution is -0.131. The van der Waals surface area contributed by atoms with Crippen LogP contribution in [0.5, 0.6) is 28.7 Å². The third-order valence-corrected chi connectivity index (χ3v) is 4.15. The molecule has 28 heavy (non-hydrogen) atoms. The monoisotopic (exact) mass is 388 g/mol. The molecule has 2 aromatic carbocycles. The van der Waals surface area contributed by atoms with Gasteiger partial charge in [-0.15, -0.1) is 0 Å². The standard InChI is InChI=1S/C21H24O7/c1-13(22)28-15-11-19(25-3)16(20(12-15)26-4)7-8-17(23)14-6-9-18(24-2)21(10-14)27-5/h6,9-12H,7-8H2,1-5H3. The first-order chi connectivity index (χ1) is 13.4. The lowest BCUT2D eigenvalue weighted by Crippen LogP contribution is -2.06. The Bertz CT molecular complexity index is 833. The fourth-order valence-corrected chi connectivity index (χ4v) is 2.82. The minimum absolute atomic E-state index is 0.0610. The van der Waals surface area contributed by atoms with Crippen LogP contribution >= 0.6 is 0 Å². The number of esters is 1. The Kier molecular flexibility index (Phi) is 7.26. The highest BCUT2D eigenvalue weighted by atomic mass is 16.5. The third-order valence-electron chi connectivity index (χ3n) is 4.15. The summed E-state index contributed by atoms with van der Waals surface area (Å²) < 4.78 is 26.3. The van der Waals surface area contributed by atoms with Gasteiger partial charge in [0.15, 0.2) is 17.3 Å². The summed E-state index contributed by atoms with van der Waals surface area (Å²) in [7, 11) is 6.07. The van der Waals surface area contributed by atoms with Crippen molar-refractivity contribution in [2.75, 3.05) is 28.4 Å². The van der Waals surface area contributed by atoms with Gasteiger partial charge in [0, 0.05) is 36.6 Å². The predicted molar refractivity (Wildman–Crippen MR) is 103 cm³/mol. The molecule has 0 radical (unpaired) electrons. The van der Waals surface area contributed by atoms with E-state index in [1.54, 1.807) is 30.3 Å². The maximum Gasteiger partial charge on any atom is 0.308 e. The number of hydrogen-bond donors (Lipinski definition) is 0. The van der Waals surface area contributed by atoms with Crippen molar-refractivity contribution in [2.45, 2.75) is 19.8 Å². The molecule has 0 aliphatic rings. The van der Waals surface area contributed by atoms with E-state index in [4.69, 9.17) is 23.7 Å². The summed E-state index contributed by atoms with van der Waals surface area (Å²) in [5.74, 6) is 1.83. The van der Waals surface area contributed by atoms with E-state index < -0.39 is 5.97 Å². The fourth-order valence-electron chi connectivity index (χ4n) is 2.82. The number of ether oxygens (including phenoxy) is 5. The van der Waals surface area contributed by atoms with Crippen LogP contribution in [-0.4, -0.2) is 40.2 Å². The first-order valence-corrected chi connectivity index (χ1v) is 8.62. The molecule has 0 aromatic heterocycles. The number of methoxy groups -OCH3 is 4. The van der Waals surface area contributed by atoms with Crippen molar-refractivity contribution < 1.29 is 33.3 Å². The van der Waals surface area contributed by atoms with Gasteiger partial charge in [-0.25, -0.2) is 0 Å². The minimum atomic E-state index is -0.444. The molecule has 0 N–H and O–H groups in total. The summed E-state index contributed by atoms with van der Waals surface area (Å²) in [6.07, 6.45) is 0.620. The largest absolute Gasteiger partial charge is 0.496 e. The van der Waals surface area contributed by atoms with Gasteiger partial charge in [0.05, 0.1) is 28.4 Å². The van der Waals surface area contributed by atoms with Gasteiger partial charge in [0.25, 0.3) is 0 Å². The van der Waals surface area contributed by atoms with E-state index in [-0.39, 0.29) is 12.2 Å². The van der Waals surface area contributed by atoms with E-state index in [0.29, 0.717) is 40.7 Å². The molecule has 7 nitrogen and oxygen atoms in total. The molecular weight excluding hydrogens is 364 g/mol. The summed E-state index contributed by atoms with van der Waals surface area (Å²) in [5.41, 5.74) is 1.24. The first-order valence-electron chi connectivity index (χ1n) is 8.62. The van der Waals surface area contributed by atoms with E-state index in [1.165, 1.54) is 35.4 Å². The van der Waals surface area contributed by atoms with Gasteiger partial charge in [-0.05, 0) is 24.6 Å². The smallest absolute Gasteiger partial charge is 0.308 e. The zero-order chi connectivity index (χ0) is 20.7. The molecule has 150 valence electrons. The molecule has 0 atom stereocenters. The van der Waals surface area contributed by atoms with E-state index >= 15 is 0 Å². The lowest BCUT2D eigenvalue weighted by Gasteiger charge is -2.15. The first kappa shape index (κ1) is 21.1. The fraction of sp³-hybridized carbons (Fsp3) is 0.333. The highest BCUT2D eigenvalue weighted by molar-refractivity contribution is 5.97. The average molecular weight is 388 g/mol. The van der Waals surface area contributed by atoms with Crippen LogP contribution in [0.4, 0.5) is 0 Å². The number of carbonyl (C=O) groups excluding carboxylic acids is 2. The van der Waals surface area contributed by atoms with Crippen LogP contribution in [0.2, 0.25) is 0 Å². The molecule has 0 bridgehead atoms. The molecule has 0 saturated carbocycles.